The highest BCUT2D eigenvalue weighted by atomic mass is 16.3. The average molecular weight is 239 g/mol. The Morgan fingerprint density at radius 3 is 2.76 bits per heavy atom. The van der Waals surface area contributed by atoms with Gasteiger partial charge in [-0.05, 0) is 18.9 Å². The van der Waals surface area contributed by atoms with Crippen LogP contribution in [-0.4, -0.2) is 33.4 Å². The van der Waals surface area contributed by atoms with Crippen LogP contribution in [-0.2, 0) is 7.05 Å². The molecule has 17 heavy (non-hydrogen) atoms. The summed E-state index contributed by atoms with van der Waals surface area (Å²) in [5.41, 5.74) is 1.32. The number of hydrogen-bond donors (Lipinski definition) is 2. The number of aliphatic hydroxyl groups is 1. The maximum atomic E-state index is 11.8. The molecule has 1 amide bonds. The van der Waals surface area contributed by atoms with Gasteiger partial charge in [0.1, 0.15) is 5.69 Å². The molecule has 1 heterocycles. The molecule has 1 aromatic heterocycles. The second-order valence-corrected chi connectivity index (χ2v) is 4.46. The van der Waals surface area contributed by atoms with Gasteiger partial charge in [0.05, 0.1) is 11.8 Å². The number of hydrogen-bond acceptors (Lipinski definition) is 3. The maximum absolute atomic E-state index is 11.8. The zero-order valence-electron chi connectivity index (χ0n) is 10.9. The van der Waals surface area contributed by atoms with Gasteiger partial charge in [-0.25, -0.2) is 0 Å². The van der Waals surface area contributed by atoms with Crippen LogP contribution in [0.25, 0.3) is 0 Å². The summed E-state index contributed by atoms with van der Waals surface area (Å²) in [5.74, 6) is -0.0148. The Hall–Kier alpha value is -1.36. The van der Waals surface area contributed by atoms with Crippen molar-refractivity contribution in [2.24, 2.45) is 13.0 Å². The van der Waals surface area contributed by atoms with Gasteiger partial charge in [-0.1, -0.05) is 20.3 Å². The Balaban J connectivity index is 2.53. The van der Waals surface area contributed by atoms with Crippen molar-refractivity contribution >= 4 is 5.91 Å². The van der Waals surface area contributed by atoms with Crippen LogP contribution in [0.15, 0.2) is 6.07 Å². The minimum Gasteiger partial charge on any atom is -0.391 e. The van der Waals surface area contributed by atoms with E-state index in [1.54, 1.807) is 17.8 Å². The minimum atomic E-state index is -0.502. The Kier molecular flexibility index (Phi) is 4.69. The van der Waals surface area contributed by atoms with Gasteiger partial charge in [-0.3, -0.25) is 9.48 Å². The SMILES string of the molecule is CCC(C)C(O)CNC(=O)c1cc(C)nn1C. The highest BCUT2D eigenvalue weighted by molar-refractivity contribution is 5.92. The van der Waals surface area contributed by atoms with Gasteiger partial charge >= 0.3 is 0 Å². The van der Waals surface area contributed by atoms with Crippen molar-refractivity contribution in [3.8, 4) is 0 Å². The van der Waals surface area contributed by atoms with Gasteiger partial charge in [0.2, 0.25) is 0 Å². The third-order valence-electron chi connectivity index (χ3n) is 3.01. The van der Waals surface area contributed by atoms with E-state index in [9.17, 15) is 9.90 Å². The number of aryl methyl sites for hydroxylation is 2. The lowest BCUT2D eigenvalue weighted by Crippen LogP contribution is -2.36. The van der Waals surface area contributed by atoms with E-state index in [-0.39, 0.29) is 18.4 Å². The molecule has 0 aromatic carbocycles. The summed E-state index contributed by atoms with van der Waals surface area (Å²) < 4.78 is 1.54. The topological polar surface area (TPSA) is 67.2 Å². The van der Waals surface area contributed by atoms with Crippen molar-refractivity contribution in [3.05, 3.63) is 17.5 Å². The van der Waals surface area contributed by atoms with Crippen LogP contribution in [0.3, 0.4) is 0 Å². The highest BCUT2D eigenvalue weighted by Gasteiger charge is 2.16. The van der Waals surface area contributed by atoms with Crippen molar-refractivity contribution in [1.82, 2.24) is 15.1 Å². The van der Waals surface area contributed by atoms with E-state index in [1.165, 1.54) is 0 Å². The number of nitrogens with one attached hydrogen (secondary N) is 1. The summed E-state index contributed by atoms with van der Waals surface area (Å²) >= 11 is 0. The number of carbonyl (C=O) groups is 1. The number of carbonyl (C=O) groups excluding carboxylic acids is 1. The zero-order valence-corrected chi connectivity index (χ0v) is 10.9. The number of amides is 1. The Labute approximate surface area is 102 Å². The summed E-state index contributed by atoms with van der Waals surface area (Å²) in [4.78, 5) is 11.8. The third kappa shape index (κ3) is 3.56. The molecular formula is C12H21N3O2. The molecule has 2 N–H and O–H groups in total. The molecule has 2 atom stereocenters. The zero-order chi connectivity index (χ0) is 13.0. The molecule has 1 aromatic rings. The molecule has 5 heteroatoms. The molecule has 0 saturated carbocycles. The van der Waals surface area contributed by atoms with Gasteiger partial charge in [-0.15, -0.1) is 0 Å². The van der Waals surface area contributed by atoms with Gasteiger partial charge in [0.15, 0.2) is 0 Å². The number of rotatable bonds is 5. The lowest BCUT2D eigenvalue weighted by atomic mass is 10.0. The molecule has 0 bridgehead atoms. The molecule has 0 spiro atoms. The largest absolute Gasteiger partial charge is 0.391 e. The molecule has 5 nitrogen and oxygen atoms in total. The standard InChI is InChI=1S/C12H21N3O2/c1-5-8(2)11(16)7-13-12(17)10-6-9(3)14-15(10)4/h6,8,11,16H,5,7H2,1-4H3,(H,13,17). The van der Waals surface area contributed by atoms with Crippen LogP contribution in [0.1, 0.15) is 36.5 Å². The fourth-order valence-corrected chi connectivity index (χ4v) is 1.58. The van der Waals surface area contributed by atoms with Gasteiger partial charge in [-0.2, -0.15) is 5.10 Å². The van der Waals surface area contributed by atoms with E-state index in [2.05, 4.69) is 10.4 Å². The van der Waals surface area contributed by atoms with Crippen LogP contribution in [0.5, 0.6) is 0 Å². The lowest BCUT2D eigenvalue weighted by Gasteiger charge is -2.17. The first-order valence-corrected chi connectivity index (χ1v) is 5.92. The quantitative estimate of drug-likeness (QED) is 0.801. The van der Waals surface area contributed by atoms with Crippen LogP contribution in [0.2, 0.25) is 0 Å². The molecule has 0 aliphatic heterocycles. The van der Waals surface area contributed by atoms with E-state index in [0.29, 0.717) is 5.69 Å². The van der Waals surface area contributed by atoms with E-state index < -0.39 is 6.10 Å². The lowest BCUT2D eigenvalue weighted by molar-refractivity contribution is 0.0842. The predicted molar refractivity (Wildman–Crippen MR) is 65.7 cm³/mol. The molecular weight excluding hydrogens is 218 g/mol. The predicted octanol–water partition coefficient (Wildman–Crippen LogP) is 0.865. The summed E-state index contributed by atoms with van der Waals surface area (Å²) in [5, 5.41) is 16.6. The van der Waals surface area contributed by atoms with Crippen LogP contribution in [0.4, 0.5) is 0 Å². The second kappa shape index (κ2) is 5.82. The normalized spacial score (nSPS) is 14.4. The number of nitrogens with zero attached hydrogens (tertiary/aromatic N) is 2. The Morgan fingerprint density at radius 1 is 1.65 bits per heavy atom. The van der Waals surface area contributed by atoms with E-state index >= 15 is 0 Å². The van der Waals surface area contributed by atoms with Crippen molar-refractivity contribution in [2.75, 3.05) is 6.54 Å². The fraction of sp³-hybridized carbons (Fsp3) is 0.667. The highest BCUT2D eigenvalue weighted by Crippen LogP contribution is 2.07. The monoisotopic (exact) mass is 239 g/mol. The molecule has 0 fully saturated rings. The molecule has 0 saturated heterocycles. The molecule has 0 aliphatic carbocycles. The van der Waals surface area contributed by atoms with Crippen molar-refractivity contribution in [2.45, 2.75) is 33.3 Å². The van der Waals surface area contributed by atoms with Gasteiger partial charge in [0, 0.05) is 13.6 Å². The third-order valence-corrected chi connectivity index (χ3v) is 3.01. The van der Waals surface area contributed by atoms with Crippen molar-refractivity contribution in [3.63, 3.8) is 0 Å². The second-order valence-electron chi connectivity index (χ2n) is 4.46. The van der Waals surface area contributed by atoms with E-state index in [4.69, 9.17) is 0 Å². The summed E-state index contributed by atoms with van der Waals surface area (Å²) in [6.45, 7) is 6.09. The first-order chi connectivity index (χ1) is 7.95. The summed E-state index contributed by atoms with van der Waals surface area (Å²) in [6, 6.07) is 1.73. The fourth-order valence-electron chi connectivity index (χ4n) is 1.58. The van der Waals surface area contributed by atoms with Crippen LogP contribution >= 0.6 is 0 Å². The number of aliphatic hydroxyl groups excluding tert-OH is 1. The van der Waals surface area contributed by atoms with Crippen molar-refractivity contribution in [1.29, 1.82) is 0 Å². The smallest absolute Gasteiger partial charge is 0.269 e. The molecule has 0 radical (unpaired) electrons. The molecule has 0 aliphatic rings. The number of aromatic nitrogens is 2. The van der Waals surface area contributed by atoms with Gasteiger partial charge in [0.25, 0.3) is 5.91 Å². The maximum Gasteiger partial charge on any atom is 0.269 e. The molecule has 2 unspecified atom stereocenters. The molecule has 1 rings (SSSR count). The minimum absolute atomic E-state index is 0.184. The van der Waals surface area contributed by atoms with E-state index in [0.717, 1.165) is 12.1 Å². The molecule has 96 valence electrons. The van der Waals surface area contributed by atoms with Crippen LogP contribution in [0, 0.1) is 12.8 Å². The average Bonchev–Trinajstić information content (AvgIpc) is 2.63. The summed E-state index contributed by atoms with van der Waals surface area (Å²) in [6.07, 6.45) is 0.389. The van der Waals surface area contributed by atoms with Crippen LogP contribution < -0.4 is 5.32 Å². The Morgan fingerprint density at radius 2 is 2.29 bits per heavy atom. The Bertz CT molecular complexity index is 387. The van der Waals surface area contributed by atoms with Gasteiger partial charge < -0.3 is 10.4 Å². The van der Waals surface area contributed by atoms with E-state index in [1.807, 2.05) is 20.8 Å². The van der Waals surface area contributed by atoms with Crippen molar-refractivity contribution < 1.29 is 9.90 Å². The summed E-state index contributed by atoms with van der Waals surface area (Å²) in [7, 11) is 1.73. The first kappa shape index (κ1) is 13.7. The first-order valence-electron chi connectivity index (χ1n) is 5.92.